The van der Waals surface area contributed by atoms with Crippen LogP contribution in [0, 0.1) is 20.8 Å². The molecule has 0 fully saturated rings. The van der Waals surface area contributed by atoms with Crippen molar-refractivity contribution in [2.45, 2.75) is 20.8 Å². The summed E-state index contributed by atoms with van der Waals surface area (Å²) in [6.45, 7) is 5.91. The van der Waals surface area contributed by atoms with Crippen molar-refractivity contribution in [1.82, 2.24) is 14.8 Å². The highest BCUT2D eigenvalue weighted by Gasteiger charge is 2.14. The van der Waals surface area contributed by atoms with E-state index in [0.717, 1.165) is 17.0 Å². The lowest BCUT2D eigenvalue weighted by Gasteiger charge is -1.97. The van der Waals surface area contributed by atoms with Gasteiger partial charge in [0.1, 0.15) is 4.88 Å². The zero-order valence-corrected chi connectivity index (χ0v) is 10.7. The lowest BCUT2D eigenvalue weighted by molar-refractivity contribution is 0.112. The van der Waals surface area contributed by atoms with Crippen molar-refractivity contribution in [3.05, 3.63) is 27.0 Å². The normalized spacial score (nSPS) is 10.8. The average Bonchev–Trinajstić information content (AvgIpc) is 2.74. The molecule has 0 bridgehead atoms. The van der Waals surface area contributed by atoms with Gasteiger partial charge in [0.2, 0.25) is 5.13 Å². The van der Waals surface area contributed by atoms with Crippen molar-refractivity contribution in [3.63, 3.8) is 0 Å². The fourth-order valence-corrected chi connectivity index (χ4v) is 2.44. The van der Waals surface area contributed by atoms with Crippen molar-refractivity contribution in [1.29, 1.82) is 0 Å². The molecule has 0 saturated carbocycles. The first-order valence-corrected chi connectivity index (χ1v) is 5.88. The van der Waals surface area contributed by atoms with E-state index >= 15 is 0 Å². The first-order valence-electron chi connectivity index (χ1n) is 4.69. The van der Waals surface area contributed by atoms with Gasteiger partial charge in [0, 0.05) is 5.69 Å². The van der Waals surface area contributed by atoms with Gasteiger partial charge >= 0.3 is 0 Å². The van der Waals surface area contributed by atoms with E-state index < -0.39 is 0 Å². The molecule has 0 aromatic carbocycles. The second kappa shape index (κ2) is 3.99. The van der Waals surface area contributed by atoms with E-state index in [1.54, 1.807) is 4.68 Å². The van der Waals surface area contributed by atoms with Gasteiger partial charge in [0.25, 0.3) is 0 Å². The van der Waals surface area contributed by atoms with E-state index in [0.29, 0.717) is 16.3 Å². The molecule has 0 amide bonds. The molecule has 0 atom stereocenters. The zero-order chi connectivity index (χ0) is 11.9. The number of hydrogen-bond acceptors (Lipinski definition) is 4. The number of nitrogens with zero attached hydrogens (tertiary/aromatic N) is 3. The number of carbonyl (C=O) groups is 1. The van der Waals surface area contributed by atoms with Crippen LogP contribution in [-0.2, 0) is 0 Å². The summed E-state index contributed by atoms with van der Waals surface area (Å²) < 4.78 is 1.72. The number of halogens is 1. The topological polar surface area (TPSA) is 47.8 Å². The molecule has 0 spiro atoms. The monoisotopic (exact) mass is 255 g/mol. The quantitative estimate of drug-likeness (QED) is 0.776. The zero-order valence-electron chi connectivity index (χ0n) is 9.11. The Labute approximate surface area is 102 Å². The average molecular weight is 256 g/mol. The van der Waals surface area contributed by atoms with Gasteiger partial charge in [0.05, 0.1) is 5.69 Å². The maximum absolute atomic E-state index is 10.7. The van der Waals surface area contributed by atoms with E-state index in [1.807, 2.05) is 20.8 Å². The smallest absolute Gasteiger partial charge is 0.212 e. The highest BCUT2D eigenvalue weighted by Crippen LogP contribution is 2.26. The molecule has 2 rings (SSSR count). The van der Waals surface area contributed by atoms with Gasteiger partial charge in [-0.25, -0.2) is 9.67 Å². The third kappa shape index (κ3) is 1.66. The Morgan fingerprint density at radius 1 is 1.38 bits per heavy atom. The molecule has 0 N–H and O–H groups in total. The van der Waals surface area contributed by atoms with Crippen LogP contribution in [0.5, 0.6) is 0 Å². The van der Waals surface area contributed by atoms with E-state index in [1.165, 1.54) is 11.3 Å². The molecule has 0 aliphatic rings. The minimum absolute atomic E-state index is 0.236. The summed E-state index contributed by atoms with van der Waals surface area (Å²) in [7, 11) is 0. The number of aromatic nitrogens is 3. The molecule has 16 heavy (non-hydrogen) atoms. The van der Waals surface area contributed by atoms with E-state index in [4.69, 9.17) is 11.6 Å². The molecule has 84 valence electrons. The second-order valence-corrected chi connectivity index (χ2v) is 4.84. The van der Waals surface area contributed by atoms with Gasteiger partial charge in [-0.15, -0.1) is 0 Å². The number of aldehydes is 1. The van der Waals surface area contributed by atoms with Crippen LogP contribution in [0.25, 0.3) is 5.13 Å². The second-order valence-electron chi connectivity index (χ2n) is 3.48. The van der Waals surface area contributed by atoms with E-state index in [2.05, 4.69) is 10.1 Å². The van der Waals surface area contributed by atoms with Crippen LogP contribution in [0.1, 0.15) is 26.6 Å². The summed E-state index contributed by atoms with van der Waals surface area (Å²) in [4.78, 5) is 15.2. The predicted octanol–water partition coefficient (Wildman–Crippen LogP) is 2.72. The number of thiazole rings is 1. The molecule has 2 aromatic heterocycles. The lowest BCUT2D eigenvalue weighted by Crippen LogP contribution is -1.98. The summed E-state index contributed by atoms with van der Waals surface area (Å²) in [5.74, 6) is 0. The van der Waals surface area contributed by atoms with Crippen molar-refractivity contribution in [2.24, 2.45) is 0 Å². The van der Waals surface area contributed by atoms with Crippen LogP contribution < -0.4 is 0 Å². The van der Waals surface area contributed by atoms with Gasteiger partial charge in [-0.1, -0.05) is 22.9 Å². The summed E-state index contributed by atoms with van der Waals surface area (Å²) in [5, 5.41) is 5.22. The van der Waals surface area contributed by atoms with Crippen molar-refractivity contribution in [3.8, 4) is 5.13 Å². The third-order valence-electron chi connectivity index (χ3n) is 2.54. The van der Waals surface area contributed by atoms with Crippen molar-refractivity contribution >= 4 is 29.2 Å². The molecule has 0 unspecified atom stereocenters. The van der Waals surface area contributed by atoms with Gasteiger partial charge in [0.15, 0.2) is 11.4 Å². The Hall–Kier alpha value is -1.20. The Morgan fingerprint density at radius 2 is 2.06 bits per heavy atom. The van der Waals surface area contributed by atoms with Crippen LogP contribution in [0.15, 0.2) is 0 Å². The van der Waals surface area contributed by atoms with Crippen LogP contribution in [-0.4, -0.2) is 21.1 Å². The number of rotatable bonds is 2. The molecule has 4 nitrogen and oxygen atoms in total. The molecular formula is C10H10ClN3OS. The van der Waals surface area contributed by atoms with Gasteiger partial charge in [-0.2, -0.15) is 5.10 Å². The standard InChI is InChI=1S/C10H10ClN3OS/c1-5-6(2)13-14(7(5)3)10-12-9(11)8(4-15)16-10/h4H,1-3H3. The highest BCUT2D eigenvalue weighted by atomic mass is 35.5. The van der Waals surface area contributed by atoms with Crippen LogP contribution in [0.3, 0.4) is 0 Å². The maximum Gasteiger partial charge on any atom is 0.212 e. The van der Waals surface area contributed by atoms with Crippen LogP contribution in [0.2, 0.25) is 5.15 Å². The Balaban J connectivity index is 2.58. The summed E-state index contributed by atoms with van der Waals surface area (Å²) >= 11 is 7.06. The van der Waals surface area contributed by atoms with Crippen molar-refractivity contribution < 1.29 is 4.79 Å². The third-order valence-corrected chi connectivity index (χ3v) is 3.90. The molecule has 6 heteroatoms. The first-order chi connectivity index (χ1) is 7.54. The summed E-state index contributed by atoms with van der Waals surface area (Å²) in [6, 6.07) is 0. The molecule has 0 saturated heterocycles. The van der Waals surface area contributed by atoms with Gasteiger partial charge in [-0.05, 0) is 26.3 Å². The van der Waals surface area contributed by atoms with E-state index in [9.17, 15) is 4.79 Å². The first kappa shape index (κ1) is 11.3. The summed E-state index contributed by atoms with van der Waals surface area (Å²) in [6.07, 6.45) is 0.710. The lowest BCUT2D eigenvalue weighted by atomic mass is 10.2. The van der Waals surface area contributed by atoms with Crippen molar-refractivity contribution in [2.75, 3.05) is 0 Å². The molecule has 0 aliphatic heterocycles. The largest absolute Gasteiger partial charge is 0.297 e. The summed E-state index contributed by atoms with van der Waals surface area (Å²) in [5.41, 5.74) is 3.09. The Kier molecular flexibility index (Phi) is 2.82. The molecule has 2 aromatic rings. The number of hydrogen-bond donors (Lipinski definition) is 0. The van der Waals surface area contributed by atoms with Gasteiger partial charge < -0.3 is 0 Å². The Bertz CT molecular complexity index is 559. The molecule has 0 radical (unpaired) electrons. The fourth-order valence-electron chi connectivity index (χ4n) is 1.37. The van der Waals surface area contributed by atoms with Gasteiger partial charge in [-0.3, -0.25) is 4.79 Å². The van der Waals surface area contributed by atoms with E-state index in [-0.39, 0.29) is 5.15 Å². The Morgan fingerprint density at radius 3 is 2.50 bits per heavy atom. The fraction of sp³-hybridized carbons (Fsp3) is 0.300. The van der Waals surface area contributed by atoms with Crippen LogP contribution >= 0.6 is 22.9 Å². The minimum Gasteiger partial charge on any atom is -0.297 e. The number of aryl methyl sites for hydroxylation is 1. The molecule has 2 heterocycles. The highest BCUT2D eigenvalue weighted by molar-refractivity contribution is 7.16. The minimum atomic E-state index is 0.236. The number of carbonyl (C=O) groups excluding carboxylic acids is 1. The predicted molar refractivity (Wildman–Crippen MR) is 63.8 cm³/mol. The SMILES string of the molecule is Cc1nn(-c2nc(Cl)c(C=O)s2)c(C)c1C. The molecule has 0 aliphatic carbocycles. The maximum atomic E-state index is 10.7. The molecular weight excluding hydrogens is 246 g/mol. The van der Waals surface area contributed by atoms with Crippen LogP contribution in [0.4, 0.5) is 0 Å².